The van der Waals surface area contributed by atoms with Crippen LogP contribution in [0.15, 0.2) is 46.1 Å². The van der Waals surface area contributed by atoms with Crippen LogP contribution in [0.5, 0.6) is 0 Å². The third kappa shape index (κ3) is 7.99. The highest BCUT2D eigenvalue weighted by Crippen LogP contribution is 2.41. The molecule has 2 aliphatic rings. The first-order valence-electron chi connectivity index (χ1n) is 15.1. The fourth-order valence-electron chi connectivity index (χ4n) is 5.69. The number of rotatable bonds is 8. The molecule has 0 atom stereocenters. The Morgan fingerprint density at radius 1 is 1.04 bits per heavy atom. The fourth-order valence-corrected chi connectivity index (χ4v) is 8.18. The largest absolute Gasteiger partial charge is 0.444 e. The number of thiazole rings is 1. The van der Waals surface area contributed by atoms with E-state index >= 15 is 4.39 Å². The molecule has 11 nitrogen and oxygen atoms in total. The van der Waals surface area contributed by atoms with Gasteiger partial charge in [0.1, 0.15) is 21.9 Å². The van der Waals surface area contributed by atoms with E-state index in [1.165, 1.54) is 10.9 Å². The first-order chi connectivity index (χ1) is 22.3. The van der Waals surface area contributed by atoms with Crippen LogP contribution in [0.3, 0.4) is 0 Å². The molecule has 0 radical (unpaired) electrons. The van der Waals surface area contributed by atoms with Gasteiger partial charge in [0, 0.05) is 55.1 Å². The van der Waals surface area contributed by atoms with Gasteiger partial charge in [0.05, 0.1) is 16.2 Å². The lowest BCUT2D eigenvalue weighted by Gasteiger charge is -2.60. The second kappa shape index (κ2) is 13.3. The van der Waals surface area contributed by atoms with Crippen molar-refractivity contribution in [3.63, 3.8) is 0 Å². The second-order valence-electron chi connectivity index (χ2n) is 14.1. The molecule has 0 unspecified atom stereocenters. The third-order valence-corrected chi connectivity index (χ3v) is 10.5. The van der Waals surface area contributed by atoms with Gasteiger partial charge in [-0.3, -0.25) is 4.90 Å². The summed E-state index contributed by atoms with van der Waals surface area (Å²) in [5.41, 5.74) is 1.70. The van der Waals surface area contributed by atoms with Gasteiger partial charge in [-0.15, -0.1) is 15.6 Å². The minimum Gasteiger partial charge on any atom is -0.444 e. The van der Waals surface area contributed by atoms with Crippen molar-refractivity contribution in [2.24, 2.45) is 5.41 Å². The number of nitrogens with zero attached hydrogens (tertiary/aromatic N) is 4. The molecular formula is C32H38Cl2FN5O6S2. The van der Waals surface area contributed by atoms with E-state index in [0.29, 0.717) is 29.0 Å². The van der Waals surface area contributed by atoms with Gasteiger partial charge in [-0.1, -0.05) is 35.3 Å². The van der Waals surface area contributed by atoms with Crippen molar-refractivity contribution < 1.29 is 31.9 Å². The predicted molar refractivity (Wildman–Crippen MR) is 184 cm³/mol. The van der Waals surface area contributed by atoms with Crippen LogP contribution in [0.4, 0.5) is 25.5 Å². The van der Waals surface area contributed by atoms with Gasteiger partial charge in [0.2, 0.25) is 0 Å². The van der Waals surface area contributed by atoms with E-state index in [1.807, 2.05) is 32.9 Å². The van der Waals surface area contributed by atoms with Gasteiger partial charge in [-0.2, -0.15) is 0 Å². The molecule has 2 aliphatic heterocycles. The molecule has 1 aromatic heterocycles. The summed E-state index contributed by atoms with van der Waals surface area (Å²) in [6.07, 6.45) is -1.53. The summed E-state index contributed by atoms with van der Waals surface area (Å²) in [5.74, 6) is -1.36. The lowest BCUT2D eigenvalue weighted by Crippen LogP contribution is -2.72. The average molecular weight is 743 g/mol. The number of carbonyl (C=O) groups is 2. The summed E-state index contributed by atoms with van der Waals surface area (Å²) in [7, 11) is -4.82. The van der Waals surface area contributed by atoms with Crippen LogP contribution in [0.2, 0.25) is 10.0 Å². The van der Waals surface area contributed by atoms with Crippen molar-refractivity contribution in [3.8, 4) is 0 Å². The number of benzene rings is 2. The highest BCUT2D eigenvalue weighted by molar-refractivity contribution is 7.93. The van der Waals surface area contributed by atoms with E-state index in [0.717, 1.165) is 47.7 Å². The Kier molecular flexibility index (Phi) is 9.99. The number of halogens is 3. The number of hydrogen-bond acceptors (Lipinski definition) is 10. The Bertz CT molecular complexity index is 1800. The number of likely N-dealkylation sites (tertiary alicyclic amines) is 2. The smallest absolute Gasteiger partial charge is 0.430 e. The monoisotopic (exact) mass is 741 g/mol. The van der Waals surface area contributed by atoms with Crippen molar-refractivity contribution in [1.29, 1.82) is 0 Å². The minimum atomic E-state index is -4.82. The Labute approximate surface area is 294 Å². The maximum atomic E-state index is 15.6. The van der Waals surface area contributed by atoms with E-state index in [2.05, 4.69) is 15.2 Å². The lowest BCUT2D eigenvalue weighted by atomic mass is 9.73. The molecule has 1 N–H and O–H groups in total. The summed E-state index contributed by atoms with van der Waals surface area (Å²) in [4.78, 5) is 32.5. The number of anilines is 2. The number of carbonyl (C=O) groups excluding carboxylic acids is 2. The maximum Gasteiger partial charge on any atom is 0.430 e. The van der Waals surface area contributed by atoms with Crippen LogP contribution in [-0.2, 0) is 32.6 Å². The molecule has 2 amide bonds. The van der Waals surface area contributed by atoms with Gasteiger partial charge in [0.15, 0.2) is 5.82 Å². The normalized spacial score (nSPS) is 16.2. The summed E-state index contributed by atoms with van der Waals surface area (Å²) >= 11 is 14.1. The first-order valence-corrected chi connectivity index (χ1v) is 18.3. The van der Waals surface area contributed by atoms with Crippen LogP contribution < -0.4 is 9.62 Å². The summed E-state index contributed by atoms with van der Waals surface area (Å²) in [6.45, 7) is 14.0. The molecule has 2 aromatic carbocycles. The van der Waals surface area contributed by atoms with Gasteiger partial charge < -0.3 is 19.7 Å². The Morgan fingerprint density at radius 2 is 1.71 bits per heavy atom. The van der Waals surface area contributed by atoms with Crippen molar-refractivity contribution in [2.75, 3.05) is 35.8 Å². The molecule has 3 heterocycles. The Balaban J connectivity index is 1.27. The van der Waals surface area contributed by atoms with E-state index in [1.54, 1.807) is 31.7 Å². The summed E-state index contributed by atoms with van der Waals surface area (Å²) < 4.78 is 54.0. The number of hydrogen-bond donors (Lipinski definition) is 1. The highest BCUT2D eigenvalue weighted by Gasteiger charge is 2.53. The zero-order chi connectivity index (χ0) is 35.2. The molecule has 260 valence electrons. The lowest BCUT2D eigenvalue weighted by molar-refractivity contribution is -0.115. The topological polar surface area (TPSA) is 121 Å². The maximum absolute atomic E-state index is 15.6. The van der Waals surface area contributed by atoms with Gasteiger partial charge in [-0.25, -0.2) is 27.4 Å². The van der Waals surface area contributed by atoms with Crippen LogP contribution in [0.25, 0.3) is 0 Å². The molecule has 0 saturated carbocycles. The average Bonchev–Trinajstić information content (AvgIpc) is 3.42. The van der Waals surface area contributed by atoms with Crippen LogP contribution >= 0.6 is 34.5 Å². The number of nitrogens with one attached hydrogen (secondary N) is 1. The number of amides is 2. The zero-order valence-electron chi connectivity index (χ0n) is 27.5. The van der Waals surface area contributed by atoms with Crippen LogP contribution in [-0.4, -0.2) is 72.8 Å². The molecule has 0 aliphatic carbocycles. The fraction of sp³-hybridized carbons (Fsp3) is 0.469. The molecule has 5 rings (SSSR count). The SMILES string of the molecule is CC(C)(C)OC(=O)N1CC2(CN(Cc3cccc(Cl)c3CNc3cc(F)c(S(=O)(=O)N(C(=O)OC(C)(C)C)c4cscn4)cc3Cl)C2)C1. The molecule has 2 fully saturated rings. The summed E-state index contributed by atoms with van der Waals surface area (Å²) in [5, 5.41) is 4.83. The number of sulfonamides is 1. The standard InChI is InChI=1S/C32H38Cl2FN5O6S2/c1-30(2,3)45-28(41)39-17-32(18-39)15-38(16-32)13-20-8-7-9-22(33)21(20)12-36-25-11-24(35)26(10-23(25)34)48(43,44)40(27-14-47-19-37-27)29(42)46-31(4,5)6/h7-11,14,19,36H,12-13,15-18H2,1-6H3. The van der Waals surface area contributed by atoms with Gasteiger partial charge in [-0.05, 0) is 70.9 Å². The molecule has 0 bridgehead atoms. The molecule has 16 heteroatoms. The van der Waals surface area contributed by atoms with Crippen molar-refractivity contribution in [1.82, 2.24) is 14.8 Å². The molecule has 3 aromatic rings. The first kappa shape index (κ1) is 36.1. The third-order valence-electron chi connectivity index (χ3n) is 7.61. The number of aromatic nitrogens is 1. The highest BCUT2D eigenvalue weighted by atomic mass is 35.5. The van der Waals surface area contributed by atoms with E-state index in [9.17, 15) is 18.0 Å². The zero-order valence-corrected chi connectivity index (χ0v) is 30.6. The molecule has 48 heavy (non-hydrogen) atoms. The van der Waals surface area contributed by atoms with Crippen LogP contribution in [0.1, 0.15) is 52.7 Å². The van der Waals surface area contributed by atoms with Gasteiger partial charge >= 0.3 is 12.2 Å². The summed E-state index contributed by atoms with van der Waals surface area (Å²) in [6, 6.07) is 7.49. The van der Waals surface area contributed by atoms with E-state index < -0.39 is 38.0 Å². The minimum absolute atomic E-state index is 0.0551. The Morgan fingerprint density at radius 3 is 2.31 bits per heavy atom. The van der Waals surface area contributed by atoms with Crippen molar-refractivity contribution in [2.45, 2.75) is 70.7 Å². The van der Waals surface area contributed by atoms with E-state index in [4.69, 9.17) is 32.7 Å². The van der Waals surface area contributed by atoms with Crippen molar-refractivity contribution in [3.05, 3.63) is 68.2 Å². The molecule has 1 spiro atoms. The predicted octanol–water partition coefficient (Wildman–Crippen LogP) is 7.38. The quantitative estimate of drug-likeness (QED) is 0.252. The Hall–Kier alpha value is -3.17. The second-order valence-corrected chi connectivity index (χ2v) is 17.4. The molecular weight excluding hydrogens is 704 g/mol. The van der Waals surface area contributed by atoms with E-state index in [-0.39, 0.29) is 34.6 Å². The number of ether oxygens (including phenoxy) is 2. The van der Waals surface area contributed by atoms with Gasteiger partial charge in [0.25, 0.3) is 10.0 Å². The molecule has 2 saturated heterocycles. The van der Waals surface area contributed by atoms with Crippen LogP contribution in [0, 0.1) is 11.2 Å². The van der Waals surface area contributed by atoms with Crippen molar-refractivity contribution >= 4 is 68.3 Å².